The van der Waals surface area contributed by atoms with Crippen molar-refractivity contribution in [1.82, 2.24) is 4.98 Å². The molecule has 0 aromatic carbocycles. The molecule has 1 saturated carbocycles. The van der Waals surface area contributed by atoms with Crippen molar-refractivity contribution >= 4 is 6.08 Å². The first kappa shape index (κ1) is 8.61. The maximum Gasteiger partial charge on any atom is 0.0377 e. The first-order valence-corrected chi connectivity index (χ1v) is 5.27. The molecule has 0 unspecified atom stereocenters. The molecular weight excluding hydrogens is 158 g/mol. The van der Waals surface area contributed by atoms with E-state index in [9.17, 15) is 0 Å². The van der Waals surface area contributed by atoms with Crippen molar-refractivity contribution in [3.63, 3.8) is 0 Å². The summed E-state index contributed by atoms with van der Waals surface area (Å²) in [6.07, 6.45) is 13.6. The van der Waals surface area contributed by atoms with Gasteiger partial charge in [-0.15, -0.1) is 0 Å². The molecule has 0 atom stereocenters. The molecule has 70 valence electrons. The van der Waals surface area contributed by atoms with Crippen LogP contribution in [0.3, 0.4) is 0 Å². The fourth-order valence-corrected chi connectivity index (χ4v) is 2.01. The zero-order valence-corrected chi connectivity index (χ0v) is 8.00. The lowest BCUT2D eigenvalue weighted by Gasteiger charge is -2.17. The molecule has 1 heteroatoms. The Morgan fingerprint density at radius 1 is 1.23 bits per heavy atom. The van der Waals surface area contributed by atoms with Gasteiger partial charge in [0, 0.05) is 11.9 Å². The Balaban J connectivity index is 1.89. The second-order valence-electron chi connectivity index (χ2n) is 3.88. The molecule has 13 heavy (non-hydrogen) atoms. The molecule has 1 aromatic heterocycles. The summed E-state index contributed by atoms with van der Waals surface area (Å²) in [5, 5.41) is 0. The fourth-order valence-electron chi connectivity index (χ4n) is 2.01. The lowest BCUT2D eigenvalue weighted by molar-refractivity contribution is 0.420. The molecular formula is C12H17N. The summed E-state index contributed by atoms with van der Waals surface area (Å²) in [5.41, 5.74) is 1.23. The first-order chi connectivity index (χ1) is 6.45. The van der Waals surface area contributed by atoms with Gasteiger partial charge in [0.2, 0.25) is 0 Å². The summed E-state index contributed by atoms with van der Waals surface area (Å²) >= 11 is 0. The monoisotopic (exact) mass is 175 g/mol. The van der Waals surface area contributed by atoms with Gasteiger partial charge in [0.25, 0.3) is 0 Å². The van der Waals surface area contributed by atoms with E-state index in [0.717, 1.165) is 5.92 Å². The van der Waals surface area contributed by atoms with Gasteiger partial charge in [-0.1, -0.05) is 25.3 Å². The normalized spacial score (nSPS) is 19.7. The van der Waals surface area contributed by atoms with Crippen LogP contribution in [0.2, 0.25) is 0 Å². The van der Waals surface area contributed by atoms with Gasteiger partial charge in [-0.05, 0) is 37.0 Å². The van der Waals surface area contributed by atoms with Crippen LogP contribution < -0.4 is 0 Å². The lowest BCUT2D eigenvalue weighted by Crippen LogP contribution is -2.02. The van der Waals surface area contributed by atoms with E-state index in [4.69, 9.17) is 0 Å². The van der Waals surface area contributed by atoms with Crippen molar-refractivity contribution in [2.24, 2.45) is 5.92 Å². The summed E-state index contributed by atoms with van der Waals surface area (Å²) in [4.78, 5) is 3.19. The third-order valence-electron chi connectivity index (χ3n) is 2.82. The molecule has 1 heterocycles. The molecule has 0 aliphatic heterocycles. The van der Waals surface area contributed by atoms with E-state index in [2.05, 4.69) is 23.2 Å². The Labute approximate surface area is 79.9 Å². The summed E-state index contributed by atoms with van der Waals surface area (Å²) < 4.78 is 0. The van der Waals surface area contributed by atoms with Crippen LogP contribution in [0.5, 0.6) is 0 Å². The molecule has 0 spiro atoms. The average molecular weight is 175 g/mol. The SMILES string of the molecule is C(=C\C1CCCCC1)/c1ccc[nH]1. The van der Waals surface area contributed by atoms with Crippen LogP contribution in [-0.4, -0.2) is 4.98 Å². The van der Waals surface area contributed by atoms with E-state index in [1.165, 1.54) is 37.8 Å². The second kappa shape index (κ2) is 4.31. The molecule has 0 radical (unpaired) electrons. The van der Waals surface area contributed by atoms with Gasteiger partial charge >= 0.3 is 0 Å². The van der Waals surface area contributed by atoms with Gasteiger partial charge in [0.15, 0.2) is 0 Å². The van der Waals surface area contributed by atoms with E-state index >= 15 is 0 Å². The summed E-state index contributed by atoms with van der Waals surface area (Å²) in [6, 6.07) is 4.15. The zero-order chi connectivity index (χ0) is 8.93. The first-order valence-electron chi connectivity index (χ1n) is 5.27. The van der Waals surface area contributed by atoms with Gasteiger partial charge in [-0.25, -0.2) is 0 Å². The average Bonchev–Trinajstić information content (AvgIpc) is 2.69. The molecule has 1 nitrogen and oxygen atoms in total. The van der Waals surface area contributed by atoms with Crippen LogP contribution in [0.1, 0.15) is 37.8 Å². The molecule has 1 N–H and O–H groups in total. The van der Waals surface area contributed by atoms with Gasteiger partial charge in [-0.3, -0.25) is 0 Å². The molecule has 0 amide bonds. The van der Waals surface area contributed by atoms with Gasteiger partial charge in [0.05, 0.1) is 0 Å². The van der Waals surface area contributed by atoms with E-state index in [0.29, 0.717) is 0 Å². The molecule has 0 saturated heterocycles. The predicted molar refractivity (Wildman–Crippen MR) is 56.4 cm³/mol. The summed E-state index contributed by atoms with van der Waals surface area (Å²) in [7, 11) is 0. The highest BCUT2D eigenvalue weighted by Gasteiger charge is 2.09. The number of H-pyrrole nitrogens is 1. The van der Waals surface area contributed by atoms with Crippen LogP contribution in [0.25, 0.3) is 6.08 Å². The lowest BCUT2D eigenvalue weighted by atomic mass is 9.89. The van der Waals surface area contributed by atoms with Crippen LogP contribution in [0.15, 0.2) is 24.4 Å². The van der Waals surface area contributed by atoms with Gasteiger partial charge < -0.3 is 4.98 Å². The number of rotatable bonds is 2. The number of aromatic amines is 1. The third-order valence-corrected chi connectivity index (χ3v) is 2.82. The highest BCUT2D eigenvalue weighted by atomic mass is 14.7. The van der Waals surface area contributed by atoms with Gasteiger partial charge in [-0.2, -0.15) is 0 Å². The molecule has 1 fully saturated rings. The van der Waals surface area contributed by atoms with E-state index < -0.39 is 0 Å². The largest absolute Gasteiger partial charge is 0.362 e. The summed E-state index contributed by atoms with van der Waals surface area (Å²) in [6.45, 7) is 0. The van der Waals surface area contributed by atoms with E-state index in [1.807, 2.05) is 12.3 Å². The Morgan fingerprint density at radius 2 is 2.08 bits per heavy atom. The van der Waals surface area contributed by atoms with Crippen LogP contribution in [0.4, 0.5) is 0 Å². The quantitative estimate of drug-likeness (QED) is 0.706. The molecule has 1 aliphatic carbocycles. The number of hydrogen-bond acceptors (Lipinski definition) is 0. The maximum absolute atomic E-state index is 3.19. The van der Waals surface area contributed by atoms with E-state index in [-0.39, 0.29) is 0 Å². The highest BCUT2D eigenvalue weighted by molar-refractivity contribution is 5.44. The number of allylic oxidation sites excluding steroid dienone is 1. The number of aromatic nitrogens is 1. The third kappa shape index (κ3) is 2.48. The minimum Gasteiger partial charge on any atom is -0.362 e. The zero-order valence-electron chi connectivity index (χ0n) is 8.00. The van der Waals surface area contributed by atoms with Crippen LogP contribution in [-0.2, 0) is 0 Å². The number of nitrogens with one attached hydrogen (secondary N) is 1. The molecule has 1 aliphatic rings. The predicted octanol–water partition coefficient (Wildman–Crippen LogP) is 3.61. The topological polar surface area (TPSA) is 15.8 Å². The number of hydrogen-bond donors (Lipinski definition) is 1. The minimum atomic E-state index is 0.831. The van der Waals surface area contributed by atoms with Crippen LogP contribution >= 0.6 is 0 Å². The van der Waals surface area contributed by atoms with Gasteiger partial charge in [0.1, 0.15) is 0 Å². The summed E-state index contributed by atoms with van der Waals surface area (Å²) in [5.74, 6) is 0.831. The highest BCUT2D eigenvalue weighted by Crippen LogP contribution is 2.24. The van der Waals surface area contributed by atoms with Crippen molar-refractivity contribution in [2.45, 2.75) is 32.1 Å². The molecule has 1 aromatic rings. The Bertz CT molecular complexity index is 253. The fraction of sp³-hybridized carbons (Fsp3) is 0.500. The van der Waals surface area contributed by atoms with Crippen molar-refractivity contribution in [3.8, 4) is 0 Å². The van der Waals surface area contributed by atoms with Crippen molar-refractivity contribution in [2.75, 3.05) is 0 Å². The Kier molecular flexibility index (Phi) is 2.86. The minimum absolute atomic E-state index is 0.831. The van der Waals surface area contributed by atoms with Crippen molar-refractivity contribution < 1.29 is 0 Å². The van der Waals surface area contributed by atoms with Crippen molar-refractivity contribution in [3.05, 3.63) is 30.1 Å². The van der Waals surface area contributed by atoms with Crippen molar-refractivity contribution in [1.29, 1.82) is 0 Å². The molecule has 2 rings (SSSR count). The van der Waals surface area contributed by atoms with Crippen LogP contribution in [0, 0.1) is 5.92 Å². The smallest absolute Gasteiger partial charge is 0.0377 e. The standard InChI is InChI=1S/C12H17N/c1-2-5-11(6-3-1)8-9-12-7-4-10-13-12/h4,7-11,13H,1-3,5-6H2/b9-8+. The Hall–Kier alpha value is -0.980. The second-order valence-corrected chi connectivity index (χ2v) is 3.88. The van der Waals surface area contributed by atoms with E-state index in [1.54, 1.807) is 0 Å². The molecule has 0 bridgehead atoms. The Morgan fingerprint density at radius 3 is 2.77 bits per heavy atom. The maximum atomic E-state index is 3.19.